The molecule has 34 heavy (non-hydrogen) atoms. The Morgan fingerprint density at radius 2 is 1.76 bits per heavy atom. The molecule has 0 saturated carbocycles. The highest BCUT2D eigenvalue weighted by Gasteiger charge is 2.18. The number of carbonyl (C=O) groups excluding carboxylic acids is 2. The number of sulfonamides is 1. The van der Waals surface area contributed by atoms with Crippen molar-refractivity contribution < 1.29 is 32.6 Å². The van der Waals surface area contributed by atoms with Gasteiger partial charge in [-0.2, -0.15) is 9.82 Å². The molecular weight excluding hydrogens is 462 g/mol. The number of carboxylic acids is 1. The predicted octanol–water partition coefficient (Wildman–Crippen LogP) is 2.31. The number of nitrogens with zero attached hydrogens (tertiary/aromatic N) is 2. The fourth-order valence-electron chi connectivity index (χ4n) is 2.88. The average molecular weight is 484 g/mol. The molecule has 0 spiro atoms. The van der Waals surface area contributed by atoms with Gasteiger partial charge < -0.3 is 9.84 Å². The van der Waals surface area contributed by atoms with Crippen LogP contribution in [0.15, 0.2) is 71.8 Å². The number of carboxylic acid groups (broad SMARTS) is 1. The minimum absolute atomic E-state index is 0.0423. The Kier molecular flexibility index (Phi) is 7.71. The van der Waals surface area contributed by atoms with Crippen LogP contribution in [0.5, 0.6) is 0 Å². The zero-order valence-corrected chi connectivity index (χ0v) is 18.9. The molecule has 0 unspecified atom stereocenters. The maximum absolute atomic E-state index is 12.6. The van der Waals surface area contributed by atoms with Crippen LogP contribution in [0, 0.1) is 0 Å². The van der Waals surface area contributed by atoms with Crippen LogP contribution < -0.4 is 4.72 Å². The normalized spacial score (nSPS) is 11.4. The van der Waals surface area contributed by atoms with E-state index in [2.05, 4.69) is 5.10 Å². The summed E-state index contributed by atoms with van der Waals surface area (Å²) in [5.74, 6) is -2.39. The van der Waals surface area contributed by atoms with E-state index in [9.17, 15) is 22.8 Å². The van der Waals surface area contributed by atoms with Gasteiger partial charge in [0.15, 0.2) is 11.5 Å². The van der Waals surface area contributed by atoms with E-state index < -0.39 is 34.3 Å². The molecule has 2 N–H and O–H groups in total. The zero-order valence-electron chi connectivity index (χ0n) is 18.0. The number of hydrogen-bond donors (Lipinski definition) is 2. The summed E-state index contributed by atoms with van der Waals surface area (Å²) < 4.78 is 32.6. The molecule has 10 nitrogen and oxygen atoms in total. The Hall–Kier alpha value is -4.09. The first-order chi connectivity index (χ1) is 16.2. The molecule has 0 atom stereocenters. The smallest absolute Gasteiger partial charge is 0.359 e. The highest BCUT2D eigenvalue weighted by Crippen LogP contribution is 2.17. The molecule has 11 heteroatoms. The number of benzene rings is 2. The summed E-state index contributed by atoms with van der Waals surface area (Å²) >= 11 is 0. The van der Waals surface area contributed by atoms with Crippen molar-refractivity contribution in [3.8, 4) is 5.69 Å². The van der Waals surface area contributed by atoms with E-state index in [4.69, 9.17) is 9.84 Å². The second kappa shape index (κ2) is 10.7. The van der Waals surface area contributed by atoms with Crippen LogP contribution in [0.1, 0.15) is 33.3 Å². The third-order valence-corrected chi connectivity index (χ3v) is 5.93. The molecule has 1 heterocycles. The molecule has 0 aliphatic carbocycles. The lowest BCUT2D eigenvalue weighted by Gasteiger charge is -2.05. The van der Waals surface area contributed by atoms with Crippen molar-refractivity contribution in [2.45, 2.75) is 11.8 Å². The van der Waals surface area contributed by atoms with Gasteiger partial charge in [-0.05, 0) is 55.5 Å². The number of hydrogen-bond acceptors (Lipinski definition) is 7. The maximum atomic E-state index is 12.6. The Labute approximate surface area is 195 Å². The fourth-order valence-corrected chi connectivity index (χ4v) is 3.85. The SMILES string of the molecule is CCOC(=O)c1nn(-c2ccccc2)cc1/C=C/C(=O)c1ccc(S(=O)(=O)NCC(=O)O)cc1. The van der Waals surface area contributed by atoms with Crippen LogP contribution in [0.25, 0.3) is 11.8 Å². The van der Waals surface area contributed by atoms with Gasteiger partial charge in [0.25, 0.3) is 0 Å². The van der Waals surface area contributed by atoms with Crippen molar-refractivity contribution in [3.05, 3.63) is 83.7 Å². The Morgan fingerprint density at radius 3 is 2.38 bits per heavy atom. The topological polar surface area (TPSA) is 145 Å². The first-order valence-corrected chi connectivity index (χ1v) is 11.6. The lowest BCUT2D eigenvalue weighted by atomic mass is 10.1. The summed E-state index contributed by atoms with van der Waals surface area (Å²) in [6.07, 6.45) is 4.26. The van der Waals surface area contributed by atoms with Crippen molar-refractivity contribution in [2.75, 3.05) is 13.2 Å². The molecular formula is C23H21N3O7S. The summed E-state index contributed by atoms with van der Waals surface area (Å²) in [6.45, 7) is 1.08. The number of ether oxygens (including phenoxy) is 1. The number of carbonyl (C=O) groups is 3. The number of rotatable bonds is 10. The largest absolute Gasteiger partial charge is 0.480 e. The van der Waals surface area contributed by atoms with Gasteiger partial charge in [-0.25, -0.2) is 17.9 Å². The van der Waals surface area contributed by atoms with Crippen molar-refractivity contribution in [1.82, 2.24) is 14.5 Å². The van der Waals surface area contributed by atoms with E-state index in [1.165, 1.54) is 41.1 Å². The maximum Gasteiger partial charge on any atom is 0.359 e. The zero-order chi connectivity index (χ0) is 24.7. The summed E-state index contributed by atoms with van der Waals surface area (Å²) in [6, 6.07) is 14.1. The van der Waals surface area contributed by atoms with Crippen LogP contribution >= 0.6 is 0 Å². The van der Waals surface area contributed by atoms with Crippen molar-refractivity contribution in [3.63, 3.8) is 0 Å². The van der Waals surface area contributed by atoms with E-state index in [-0.39, 0.29) is 22.8 Å². The molecule has 0 aliphatic heterocycles. The standard InChI is InChI=1S/C23H21N3O7S/c1-2-33-23(30)22-17(15-26(25-22)18-6-4-3-5-7-18)10-13-20(27)16-8-11-19(12-9-16)34(31,32)24-14-21(28)29/h3-13,15,24H,2,14H2,1H3,(H,28,29)/b13-10+. The molecule has 0 amide bonds. The van der Waals surface area contributed by atoms with Gasteiger partial charge in [-0.3, -0.25) is 9.59 Å². The molecule has 3 rings (SSSR count). The average Bonchev–Trinajstić information content (AvgIpc) is 3.26. The Morgan fingerprint density at radius 1 is 1.09 bits per heavy atom. The van der Waals surface area contributed by atoms with Gasteiger partial charge in [-0.1, -0.05) is 18.2 Å². The van der Waals surface area contributed by atoms with Gasteiger partial charge in [0.1, 0.15) is 6.54 Å². The van der Waals surface area contributed by atoms with Crippen LogP contribution in [0.4, 0.5) is 0 Å². The van der Waals surface area contributed by atoms with Crippen LogP contribution in [0.2, 0.25) is 0 Å². The Bertz CT molecular complexity index is 1330. The lowest BCUT2D eigenvalue weighted by molar-refractivity contribution is -0.135. The fraction of sp³-hybridized carbons (Fsp3) is 0.130. The molecule has 1 aromatic heterocycles. The van der Waals surface area contributed by atoms with E-state index in [1.807, 2.05) is 35.1 Å². The number of allylic oxidation sites excluding steroid dienone is 1. The van der Waals surface area contributed by atoms with Gasteiger partial charge in [-0.15, -0.1) is 0 Å². The number of nitrogens with one attached hydrogen (secondary N) is 1. The highest BCUT2D eigenvalue weighted by molar-refractivity contribution is 7.89. The quantitative estimate of drug-likeness (QED) is 0.254. The first kappa shape index (κ1) is 24.6. The van der Waals surface area contributed by atoms with Crippen molar-refractivity contribution in [1.29, 1.82) is 0 Å². The number of aromatic nitrogens is 2. The van der Waals surface area contributed by atoms with Crippen LogP contribution in [-0.4, -0.2) is 54.2 Å². The second-order valence-corrected chi connectivity index (χ2v) is 8.64. The van der Waals surface area contributed by atoms with Crippen LogP contribution in [-0.2, 0) is 19.6 Å². The predicted molar refractivity (Wildman–Crippen MR) is 122 cm³/mol. The number of aliphatic carboxylic acids is 1. The van der Waals surface area contributed by atoms with Gasteiger partial charge >= 0.3 is 11.9 Å². The van der Waals surface area contributed by atoms with E-state index in [1.54, 1.807) is 13.1 Å². The molecule has 3 aromatic rings. The minimum atomic E-state index is -4.02. The van der Waals surface area contributed by atoms with E-state index >= 15 is 0 Å². The summed E-state index contributed by atoms with van der Waals surface area (Å²) in [5, 5.41) is 12.9. The number of ketones is 1. The van der Waals surface area contributed by atoms with Gasteiger partial charge in [0.2, 0.25) is 10.0 Å². The molecule has 2 aromatic carbocycles. The third kappa shape index (κ3) is 6.03. The second-order valence-electron chi connectivity index (χ2n) is 6.87. The summed E-state index contributed by atoms with van der Waals surface area (Å²) in [5.41, 5.74) is 1.32. The molecule has 0 fully saturated rings. The molecule has 0 radical (unpaired) electrons. The number of para-hydroxylation sites is 1. The molecule has 176 valence electrons. The third-order valence-electron chi connectivity index (χ3n) is 4.51. The minimum Gasteiger partial charge on any atom is -0.480 e. The van der Waals surface area contributed by atoms with Crippen molar-refractivity contribution in [2.24, 2.45) is 0 Å². The van der Waals surface area contributed by atoms with Gasteiger partial charge in [0, 0.05) is 17.3 Å². The summed E-state index contributed by atoms with van der Waals surface area (Å²) in [7, 11) is -4.02. The number of esters is 1. The summed E-state index contributed by atoms with van der Waals surface area (Å²) in [4.78, 5) is 35.3. The van der Waals surface area contributed by atoms with E-state index in [0.29, 0.717) is 11.3 Å². The van der Waals surface area contributed by atoms with E-state index in [0.717, 1.165) is 0 Å². The monoisotopic (exact) mass is 483 g/mol. The molecule has 0 saturated heterocycles. The molecule has 0 bridgehead atoms. The van der Waals surface area contributed by atoms with Crippen molar-refractivity contribution >= 4 is 33.8 Å². The Balaban J connectivity index is 1.83. The molecule has 0 aliphatic rings. The van der Waals surface area contributed by atoms with Gasteiger partial charge in [0.05, 0.1) is 17.2 Å². The first-order valence-electron chi connectivity index (χ1n) is 10.1. The highest BCUT2D eigenvalue weighted by atomic mass is 32.2. The van der Waals surface area contributed by atoms with Crippen LogP contribution in [0.3, 0.4) is 0 Å². The lowest BCUT2D eigenvalue weighted by Crippen LogP contribution is -2.29.